The third-order valence-corrected chi connectivity index (χ3v) is 7.23. The van der Waals surface area contributed by atoms with E-state index in [4.69, 9.17) is 9.26 Å². The van der Waals surface area contributed by atoms with Crippen LogP contribution in [-0.4, -0.2) is 86.4 Å². The smallest absolute Gasteiger partial charge is 0.337 e. The zero-order chi connectivity index (χ0) is 22.6. The van der Waals surface area contributed by atoms with E-state index >= 15 is 0 Å². The first-order chi connectivity index (χ1) is 14.7. The van der Waals surface area contributed by atoms with Gasteiger partial charge in [-0.1, -0.05) is 5.16 Å². The minimum Gasteiger partial charge on any atom is -0.491 e. The molecule has 1 aliphatic heterocycles. The highest BCUT2D eigenvalue weighted by Crippen LogP contribution is 2.24. The van der Waals surface area contributed by atoms with Gasteiger partial charge in [-0.2, -0.15) is 4.31 Å². The van der Waals surface area contributed by atoms with E-state index in [0.717, 1.165) is 0 Å². The van der Waals surface area contributed by atoms with E-state index in [0.29, 0.717) is 49.7 Å². The van der Waals surface area contributed by atoms with Crippen LogP contribution in [0.1, 0.15) is 21.8 Å². The summed E-state index contributed by atoms with van der Waals surface area (Å²) >= 11 is 0. The van der Waals surface area contributed by atoms with E-state index in [1.54, 1.807) is 38.1 Å². The molecule has 2 heterocycles. The van der Waals surface area contributed by atoms with Crippen molar-refractivity contribution >= 4 is 16.0 Å². The molecule has 1 aromatic heterocycles. The summed E-state index contributed by atoms with van der Waals surface area (Å²) in [5.41, 5.74) is 0.770. The fraction of sp³-hybridized carbons (Fsp3) is 0.500. The number of carbonyl (C=O) groups excluding carboxylic acids is 1. The van der Waals surface area contributed by atoms with Crippen LogP contribution in [0.3, 0.4) is 0 Å². The first-order valence-corrected chi connectivity index (χ1v) is 11.3. The fourth-order valence-corrected chi connectivity index (χ4v) is 5.19. The lowest BCUT2D eigenvalue weighted by Crippen LogP contribution is -2.50. The number of aliphatic hydroxyl groups excluding tert-OH is 1. The van der Waals surface area contributed by atoms with Crippen LogP contribution in [0.2, 0.25) is 0 Å². The molecular formula is C20H27N3O7S. The number of rotatable bonds is 8. The van der Waals surface area contributed by atoms with Gasteiger partial charge in [0, 0.05) is 32.7 Å². The van der Waals surface area contributed by atoms with Gasteiger partial charge in [0.15, 0.2) is 5.76 Å². The first-order valence-electron chi connectivity index (χ1n) is 9.87. The Hall–Kier alpha value is -2.47. The van der Waals surface area contributed by atoms with Crippen molar-refractivity contribution in [3.8, 4) is 5.75 Å². The van der Waals surface area contributed by atoms with Gasteiger partial charge in [0.1, 0.15) is 29.0 Å². The molecule has 1 saturated heterocycles. The number of hydrogen-bond acceptors (Lipinski definition) is 9. The molecule has 170 valence electrons. The number of methoxy groups -OCH3 is 1. The molecule has 0 saturated carbocycles. The number of benzene rings is 1. The summed E-state index contributed by atoms with van der Waals surface area (Å²) in [6.45, 7) is 5.25. The van der Waals surface area contributed by atoms with Crippen LogP contribution in [0.5, 0.6) is 5.75 Å². The predicted octanol–water partition coefficient (Wildman–Crippen LogP) is 0.824. The molecule has 31 heavy (non-hydrogen) atoms. The van der Waals surface area contributed by atoms with E-state index in [9.17, 15) is 18.3 Å². The number of β-amino-alcohol motifs (C(OH)–C–C–N with tert-alkyl or cyclic N) is 1. The molecule has 0 bridgehead atoms. The number of aliphatic hydroxyl groups is 1. The lowest BCUT2D eigenvalue weighted by molar-refractivity contribution is 0.0565. The minimum atomic E-state index is -3.66. The molecule has 3 rings (SSSR count). The molecule has 10 nitrogen and oxygen atoms in total. The summed E-state index contributed by atoms with van der Waals surface area (Å²) in [5.74, 6) is 0.385. The Bertz CT molecular complexity index is 977. The SMILES string of the molecule is COC(=O)c1ccc(OC[C@H](O)CN2CCN(S(=O)(=O)c3c(C)noc3C)CC2)cc1. The van der Waals surface area contributed by atoms with Gasteiger partial charge >= 0.3 is 5.97 Å². The normalized spacial score (nSPS) is 16.8. The van der Waals surface area contributed by atoms with E-state index in [-0.39, 0.29) is 17.3 Å². The van der Waals surface area contributed by atoms with Crippen molar-refractivity contribution in [1.82, 2.24) is 14.4 Å². The third kappa shape index (κ3) is 5.42. The molecule has 1 aromatic carbocycles. The maximum Gasteiger partial charge on any atom is 0.337 e. The second-order valence-electron chi connectivity index (χ2n) is 7.34. The second-order valence-corrected chi connectivity index (χ2v) is 9.21. The number of aryl methyl sites for hydroxylation is 2. The van der Waals surface area contributed by atoms with Gasteiger partial charge in [0.05, 0.1) is 12.7 Å². The Morgan fingerprint density at radius 3 is 2.39 bits per heavy atom. The van der Waals surface area contributed by atoms with Crippen molar-refractivity contribution in [2.45, 2.75) is 24.8 Å². The van der Waals surface area contributed by atoms with Crippen LogP contribution in [0.4, 0.5) is 0 Å². The number of esters is 1. The Labute approximate surface area is 181 Å². The molecule has 0 amide bonds. The quantitative estimate of drug-likeness (QED) is 0.579. The van der Waals surface area contributed by atoms with Gasteiger partial charge in [0.2, 0.25) is 10.0 Å². The van der Waals surface area contributed by atoms with E-state index < -0.39 is 22.1 Å². The topological polar surface area (TPSA) is 122 Å². The number of aromatic nitrogens is 1. The van der Waals surface area contributed by atoms with Crippen molar-refractivity contribution in [2.24, 2.45) is 0 Å². The lowest BCUT2D eigenvalue weighted by Gasteiger charge is -2.34. The number of carbonyl (C=O) groups is 1. The van der Waals surface area contributed by atoms with Gasteiger partial charge in [0.25, 0.3) is 0 Å². The molecule has 11 heteroatoms. The van der Waals surface area contributed by atoms with Crippen molar-refractivity contribution in [3.63, 3.8) is 0 Å². The minimum absolute atomic E-state index is 0.0785. The summed E-state index contributed by atoms with van der Waals surface area (Å²) in [6, 6.07) is 6.45. The summed E-state index contributed by atoms with van der Waals surface area (Å²) in [7, 11) is -2.34. The standard InChI is InChI=1S/C20H27N3O7S/c1-14-19(15(2)30-21-14)31(26,27)23-10-8-22(9-11-23)12-17(24)13-29-18-6-4-16(5-7-18)20(25)28-3/h4-7,17,24H,8-13H2,1-3H3/t17-/m1/s1. The zero-order valence-electron chi connectivity index (χ0n) is 17.8. The van der Waals surface area contributed by atoms with Crippen molar-refractivity contribution in [1.29, 1.82) is 0 Å². The fourth-order valence-electron chi connectivity index (χ4n) is 3.47. The van der Waals surface area contributed by atoms with Crippen LogP contribution >= 0.6 is 0 Å². The number of ether oxygens (including phenoxy) is 2. The van der Waals surface area contributed by atoms with Gasteiger partial charge in [-0.3, -0.25) is 4.90 Å². The van der Waals surface area contributed by atoms with Gasteiger partial charge in [-0.05, 0) is 38.1 Å². The predicted molar refractivity (Wildman–Crippen MR) is 110 cm³/mol. The first kappa shape index (κ1) is 23.2. The summed E-state index contributed by atoms with van der Waals surface area (Å²) in [6.07, 6.45) is -0.744. The third-order valence-electron chi connectivity index (χ3n) is 5.08. The monoisotopic (exact) mass is 453 g/mol. The molecule has 1 aliphatic rings. The molecule has 2 aromatic rings. The van der Waals surface area contributed by atoms with Gasteiger partial charge in [-0.15, -0.1) is 0 Å². The number of nitrogens with zero attached hydrogens (tertiary/aromatic N) is 3. The van der Waals surface area contributed by atoms with Gasteiger partial charge in [-0.25, -0.2) is 13.2 Å². The number of hydrogen-bond donors (Lipinski definition) is 1. The van der Waals surface area contributed by atoms with Crippen molar-refractivity contribution in [2.75, 3.05) is 46.4 Å². The average Bonchev–Trinajstić information content (AvgIpc) is 3.11. The van der Waals surface area contributed by atoms with Crippen molar-refractivity contribution in [3.05, 3.63) is 41.3 Å². The second kappa shape index (κ2) is 9.77. The Kier molecular flexibility index (Phi) is 7.31. The molecule has 0 spiro atoms. The molecule has 0 aliphatic carbocycles. The van der Waals surface area contributed by atoms with Crippen LogP contribution in [0.15, 0.2) is 33.7 Å². The molecule has 1 atom stereocenters. The summed E-state index contributed by atoms with van der Waals surface area (Å²) < 4.78 is 42.4. The Morgan fingerprint density at radius 2 is 1.84 bits per heavy atom. The highest BCUT2D eigenvalue weighted by Gasteiger charge is 2.33. The summed E-state index contributed by atoms with van der Waals surface area (Å²) in [4.78, 5) is 13.6. The molecule has 1 N–H and O–H groups in total. The average molecular weight is 454 g/mol. The Morgan fingerprint density at radius 1 is 1.19 bits per heavy atom. The molecule has 0 radical (unpaired) electrons. The van der Waals surface area contributed by atoms with Crippen LogP contribution in [0, 0.1) is 13.8 Å². The van der Waals surface area contributed by atoms with Crippen LogP contribution in [-0.2, 0) is 14.8 Å². The van der Waals surface area contributed by atoms with E-state index in [2.05, 4.69) is 9.89 Å². The van der Waals surface area contributed by atoms with Crippen LogP contribution < -0.4 is 4.74 Å². The highest BCUT2D eigenvalue weighted by molar-refractivity contribution is 7.89. The molecule has 0 unspecified atom stereocenters. The van der Waals surface area contributed by atoms with Gasteiger partial charge < -0.3 is 19.1 Å². The molecule has 1 fully saturated rings. The number of sulfonamides is 1. The lowest BCUT2D eigenvalue weighted by atomic mass is 10.2. The molecular weight excluding hydrogens is 426 g/mol. The maximum atomic E-state index is 12.9. The van der Waals surface area contributed by atoms with Crippen LogP contribution in [0.25, 0.3) is 0 Å². The maximum absolute atomic E-state index is 12.9. The Balaban J connectivity index is 1.47. The zero-order valence-corrected chi connectivity index (χ0v) is 18.6. The summed E-state index contributed by atoms with van der Waals surface area (Å²) in [5, 5.41) is 14.0. The van der Waals surface area contributed by atoms with E-state index in [1.807, 2.05) is 4.90 Å². The highest BCUT2D eigenvalue weighted by atomic mass is 32.2. The van der Waals surface area contributed by atoms with E-state index in [1.165, 1.54) is 11.4 Å². The number of piperazine rings is 1. The largest absolute Gasteiger partial charge is 0.491 e. The van der Waals surface area contributed by atoms with Crippen molar-refractivity contribution < 1.29 is 32.3 Å².